The number of nitrogens with one attached hydrogen (secondary N) is 2. The predicted molar refractivity (Wildman–Crippen MR) is 95.5 cm³/mol. The molecule has 1 atom stereocenters. The molecule has 0 bridgehead atoms. The molecule has 144 valence electrons. The molecule has 1 aliphatic rings. The van der Waals surface area contributed by atoms with Crippen LogP contribution in [0.15, 0.2) is 34.9 Å². The van der Waals surface area contributed by atoms with Crippen LogP contribution in [0.1, 0.15) is 22.5 Å². The number of nitrogens with zero attached hydrogens (tertiary/aromatic N) is 1. The maximum atomic E-state index is 13.4. The summed E-state index contributed by atoms with van der Waals surface area (Å²) < 4.78 is 31.5. The Bertz CT molecular complexity index is 837. The second-order valence-corrected chi connectivity index (χ2v) is 6.58. The first-order valence-electron chi connectivity index (χ1n) is 8.73. The van der Waals surface area contributed by atoms with Gasteiger partial charge in [-0.25, -0.2) is 8.78 Å². The molecule has 2 amide bonds. The van der Waals surface area contributed by atoms with Crippen molar-refractivity contribution >= 4 is 17.5 Å². The van der Waals surface area contributed by atoms with Crippen LogP contribution in [-0.4, -0.2) is 38.0 Å². The summed E-state index contributed by atoms with van der Waals surface area (Å²) in [6.07, 6.45) is 2.25. The molecule has 6 nitrogen and oxygen atoms in total. The number of rotatable bonds is 6. The summed E-state index contributed by atoms with van der Waals surface area (Å²) in [4.78, 5) is 25.8. The van der Waals surface area contributed by atoms with Crippen molar-refractivity contribution in [2.24, 2.45) is 5.92 Å². The summed E-state index contributed by atoms with van der Waals surface area (Å²) in [7, 11) is 0. The lowest BCUT2D eigenvalue weighted by molar-refractivity contribution is -0.120. The lowest BCUT2D eigenvalue weighted by Crippen LogP contribution is -2.39. The number of hydrogen-bond acceptors (Lipinski definition) is 4. The van der Waals surface area contributed by atoms with Crippen LogP contribution in [0.2, 0.25) is 0 Å². The third-order valence-corrected chi connectivity index (χ3v) is 4.66. The Morgan fingerprint density at radius 3 is 2.74 bits per heavy atom. The number of halogens is 2. The van der Waals surface area contributed by atoms with Gasteiger partial charge in [0.05, 0.1) is 18.4 Å². The monoisotopic (exact) mass is 377 g/mol. The Labute approximate surface area is 155 Å². The Kier molecular flexibility index (Phi) is 5.73. The number of anilines is 1. The van der Waals surface area contributed by atoms with Crippen molar-refractivity contribution in [3.63, 3.8) is 0 Å². The SMILES string of the molecule is Cc1occc1C(=O)NCC(=O)NCC1CCN(c2ccc(F)c(F)c2)C1. The van der Waals surface area contributed by atoms with E-state index in [1.807, 2.05) is 4.90 Å². The minimum atomic E-state index is -0.868. The van der Waals surface area contributed by atoms with E-state index in [1.165, 1.54) is 12.3 Å². The minimum absolute atomic E-state index is 0.122. The quantitative estimate of drug-likeness (QED) is 0.810. The molecule has 1 aromatic carbocycles. The van der Waals surface area contributed by atoms with Crippen molar-refractivity contribution in [3.8, 4) is 0 Å². The molecule has 1 aromatic heterocycles. The van der Waals surface area contributed by atoms with Gasteiger partial charge < -0.3 is 20.0 Å². The van der Waals surface area contributed by atoms with E-state index in [-0.39, 0.29) is 24.3 Å². The zero-order valence-electron chi connectivity index (χ0n) is 14.9. The van der Waals surface area contributed by atoms with Crippen molar-refractivity contribution in [2.45, 2.75) is 13.3 Å². The number of carbonyl (C=O) groups is 2. The molecule has 0 radical (unpaired) electrons. The van der Waals surface area contributed by atoms with Crippen LogP contribution in [0, 0.1) is 24.5 Å². The molecule has 1 unspecified atom stereocenters. The fourth-order valence-electron chi connectivity index (χ4n) is 3.11. The van der Waals surface area contributed by atoms with Crippen LogP contribution in [0.3, 0.4) is 0 Å². The van der Waals surface area contributed by atoms with E-state index >= 15 is 0 Å². The molecular formula is C19H21F2N3O3. The highest BCUT2D eigenvalue weighted by atomic mass is 19.2. The molecule has 0 saturated carbocycles. The van der Waals surface area contributed by atoms with E-state index in [2.05, 4.69) is 10.6 Å². The molecule has 1 saturated heterocycles. The van der Waals surface area contributed by atoms with Crippen LogP contribution < -0.4 is 15.5 Å². The fourth-order valence-corrected chi connectivity index (χ4v) is 3.11. The number of aryl methyl sites for hydroxylation is 1. The Morgan fingerprint density at radius 1 is 1.22 bits per heavy atom. The zero-order valence-corrected chi connectivity index (χ0v) is 14.9. The van der Waals surface area contributed by atoms with Gasteiger partial charge in [-0.15, -0.1) is 0 Å². The van der Waals surface area contributed by atoms with Crippen molar-refractivity contribution in [1.82, 2.24) is 10.6 Å². The van der Waals surface area contributed by atoms with E-state index in [0.717, 1.165) is 12.5 Å². The van der Waals surface area contributed by atoms with Crippen molar-refractivity contribution < 1.29 is 22.8 Å². The van der Waals surface area contributed by atoms with E-state index < -0.39 is 11.6 Å². The lowest BCUT2D eigenvalue weighted by Gasteiger charge is -2.19. The molecule has 1 aliphatic heterocycles. The van der Waals surface area contributed by atoms with Crippen molar-refractivity contribution in [2.75, 3.05) is 31.1 Å². The van der Waals surface area contributed by atoms with Crippen molar-refractivity contribution in [1.29, 1.82) is 0 Å². The largest absolute Gasteiger partial charge is 0.469 e. The van der Waals surface area contributed by atoms with E-state index in [4.69, 9.17) is 4.42 Å². The summed E-state index contributed by atoms with van der Waals surface area (Å²) in [5.41, 5.74) is 1.03. The van der Waals surface area contributed by atoms with Gasteiger partial charge in [0.2, 0.25) is 5.91 Å². The van der Waals surface area contributed by atoms with Gasteiger partial charge in [0.1, 0.15) is 5.76 Å². The first-order valence-corrected chi connectivity index (χ1v) is 8.73. The van der Waals surface area contributed by atoms with Crippen molar-refractivity contribution in [3.05, 3.63) is 53.5 Å². The highest BCUT2D eigenvalue weighted by molar-refractivity contribution is 5.97. The van der Waals surface area contributed by atoms with Crippen LogP contribution in [0.25, 0.3) is 0 Å². The molecule has 27 heavy (non-hydrogen) atoms. The Morgan fingerprint density at radius 2 is 2.04 bits per heavy atom. The van der Waals surface area contributed by atoms with Gasteiger partial charge in [0, 0.05) is 31.4 Å². The van der Waals surface area contributed by atoms with Gasteiger partial charge in [-0.1, -0.05) is 0 Å². The number of benzene rings is 1. The number of hydrogen-bond donors (Lipinski definition) is 2. The topological polar surface area (TPSA) is 74.6 Å². The number of amides is 2. The van der Waals surface area contributed by atoms with Crippen LogP contribution in [0.5, 0.6) is 0 Å². The minimum Gasteiger partial charge on any atom is -0.469 e. The van der Waals surface area contributed by atoms with Crippen LogP contribution >= 0.6 is 0 Å². The fraction of sp³-hybridized carbons (Fsp3) is 0.368. The van der Waals surface area contributed by atoms with Gasteiger partial charge in [0.25, 0.3) is 5.91 Å². The summed E-state index contributed by atoms with van der Waals surface area (Å²) >= 11 is 0. The summed E-state index contributed by atoms with van der Waals surface area (Å²) in [6, 6.07) is 5.40. The van der Waals surface area contributed by atoms with Gasteiger partial charge in [-0.05, 0) is 37.5 Å². The van der Waals surface area contributed by atoms with E-state index in [1.54, 1.807) is 19.1 Å². The second-order valence-electron chi connectivity index (χ2n) is 6.58. The third-order valence-electron chi connectivity index (χ3n) is 4.66. The highest BCUT2D eigenvalue weighted by Crippen LogP contribution is 2.24. The smallest absolute Gasteiger partial charge is 0.255 e. The standard InChI is InChI=1S/C19H21F2N3O3/c1-12-15(5-7-27-12)19(26)23-10-18(25)22-9-13-4-6-24(11-13)14-2-3-16(20)17(21)8-14/h2-3,5,7-8,13H,4,6,9-11H2,1H3,(H,22,25)(H,23,26). The molecular weight excluding hydrogens is 356 g/mol. The van der Waals surface area contributed by atoms with Gasteiger partial charge in [-0.2, -0.15) is 0 Å². The molecule has 2 N–H and O–H groups in total. The zero-order chi connectivity index (χ0) is 19.4. The Hall–Kier alpha value is -2.90. The summed E-state index contributed by atoms with van der Waals surface area (Å²) in [5.74, 6) is -1.68. The summed E-state index contributed by atoms with van der Waals surface area (Å²) in [6.45, 7) is 3.37. The van der Waals surface area contributed by atoms with Crippen LogP contribution in [0.4, 0.5) is 14.5 Å². The van der Waals surface area contributed by atoms with Gasteiger partial charge in [-0.3, -0.25) is 9.59 Å². The molecule has 8 heteroatoms. The van der Waals surface area contributed by atoms with E-state index in [9.17, 15) is 18.4 Å². The maximum absolute atomic E-state index is 13.4. The average molecular weight is 377 g/mol. The first-order chi connectivity index (χ1) is 12.9. The lowest BCUT2D eigenvalue weighted by atomic mass is 10.1. The summed E-state index contributed by atoms with van der Waals surface area (Å²) in [5, 5.41) is 5.34. The molecule has 2 aromatic rings. The van der Waals surface area contributed by atoms with Gasteiger partial charge >= 0.3 is 0 Å². The average Bonchev–Trinajstić information content (AvgIpc) is 3.29. The highest BCUT2D eigenvalue weighted by Gasteiger charge is 2.24. The van der Waals surface area contributed by atoms with Crippen LogP contribution in [-0.2, 0) is 4.79 Å². The molecule has 3 rings (SSSR count). The van der Waals surface area contributed by atoms with Gasteiger partial charge in [0.15, 0.2) is 11.6 Å². The third kappa shape index (κ3) is 4.64. The number of carbonyl (C=O) groups excluding carboxylic acids is 2. The molecule has 2 heterocycles. The van der Waals surface area contributed by atoms with E-state index in [0.29, 0.717) is 36.6 Å². The first kappa shape index (κ1) is 18.9. The number of furan rings is 1. The Balaban J connectivity index is 1.41. The molecule has 1 fully saturated rings. The molecule has 0 spiro atoms. The predicted octanol–water partition coefficient (Wildman–Crippen LogP) is 2.24. The maximum Gasteiger partial charge on any atom is 0.255 e. The second kappa shape index (κ2) is 8.20. The molecule has 0 aliphatic carbocycles. The normalized spacial score (nSPS) is 16.4.